The van der Waals surface area contributed by atoms with Crippen LogP contribution in [0.1, 0.15) is 79.3 Å². The Labute approximate surface area is 235 Å². The summed E-state index contributed by atoms with van der Waals surface area (Å²) >= 11 is 0. The highest BCUT2D eigenvalue weighted by Crippen LogP contribution is 2.29. The highest BCUT2D eigenvalue weighted by atomic mass is 16.5. The summed E-state index contributed by atoms with van der Waals surface area (Å²) < 4.78 is 6.49. The van der Waals surface area contributed by atoms with Crippen LogP contribution < -0.4 is 4.74 Å². The molecule has 206 valence electrons. The van der Waals surface area contributed by atoms with Gasteiger partial charge in [0.1, 0.15) is 11.9 Å². The van der Waals surface area contributed by atoms with E-state index in [4.69, 9.17) is 4.74 Å². The highest BCUT2D eigenvalue weighted by Gasteiger charge is 2.26. The fourth-order valence-electron chi connectivity index (χ4n) is 6.29. The van der Waals surface area contributed by atoms with Crippen LogP contribution in [0.5, 0.6) is 5.75 Å². The normalized spacial score (nSPS) is 19.3. The smallest absolute Gasteiger partial charge is 0.166 e. The molecule has 2 aliphatic rings. The largest absolute Gasteiger partial charge is 0.490 e. The van der Waals surface area contributed by atoms with Gasteiger partial charge in [0.15, 0.2) is 5.78 Å². The lowest BCUT2D eigenvalue weighted by molar-refractivity contribution is 0.0908. The van der Waals surface area contributed by atoms with Crippen molar-refractivity contribution in [2.75, 3.05) is 32.7 Å². The van der Waals surface area contributed by atoms with E-state index in [2.05, 4.69) is 77.4 Å². The van der Waals surface area contributed by atoms with Crippen molar-refractivity contribution in [2.24, 2.45) is 0 Å². The van der Waals surface area contributed by atoms with E-state index < -0.39 is 0 Å². The lowest BCUT2D eigenvalue weighted by Gasteiger charge is -2.35. The van der Waals surface area contributed by atoms with Gasteiger partial charge in [-0.15, -0.1) is 0 Å². The Bertz CT molecular complexity index is 1120. The molecule has 0 bridgehead atoms. The molecule has 5 rings (SSSR count). The molecule has 0 aromatic heterocycles. The van der Waals surface area contributed by atoms with Crippen molar-refractivity contribution >= 4 is 5.78 Å². The topological polar surface area (TPSA) is 32.8 Å². The molecule has 0 saturated carbocycles. The number of hydrogen-bond acceptors (Lipinski definition) is 4. The minimum atomic E-state index is 0.149. The van der Waals surface area contributed by atoms with Crippen LogP contribution in [0.2, 0.25) is 0 Å². The van der Waals surface area contributed by atoms with E-state index in [1.807, 2.05) is 24.3 Å². The molecule has 1 atom stereocenters. The molecule has 0 spiro atoms. The highest BCUT2D eigenvalue weighted by molar-refractivity contribution is 5.98. The third kappa shape index (κ3) is 7.58. The first-order valence-corrected chi connectivity index (χ1v) is 15.0. The first-order chi connectivity index (χ1) is 19.2. The van der Waals surface area contributed by atoms with Crippen molar-refractivity contribution in [1.29, 1.82) is 0 Å². The second-order valence-electron chi connectivity index (χ2n) is 11.4. The predicted molar refractivity (Wildman–Crippen MR) is 160 cm³/mol. The molecule has 3 aromatic rings. The predicted octanol–water partition coefficient (Wildman–Crippen LogP) is 7.20. The Morgan fingerprint density at radius 1 is 0.821 bits per heavy atom. The third-order valence-electron chi connectivity index (χ3n) is 8.65. The molecule has 2 heterocycles. The minimum absolute atomic E-state index is 0.149. The summed E-state index contributed by atoms with van der Waals surface area (Å²) in [6, 6.07) is 30.2. The molecule has 2 fully saturated rings. The zero-order chi connectivity index (χ0) is 26.9. The second-order valence-corrected chi connectivity index (χ2v) is 11.4. The monoisotopic (exact) mass is 524 g/mol. The summed E-state index contributed by atoms with van der Waals surface area (Å²) in [5, 5.41) is 0. The molecule has 1 unspecified atom stereocenters. The van der Waals surface area contributed by atoms with E-state index in [1.165, 1.54) is 36.9 Å². The van der Waals surface area contributed by atoms with Crippen LogP contribution in [0.3, 0.4) is 0 Å². The number of carbonyl (C=O) groups is 1. The van der Waals surface area contributed by atoms with Gasteiger partial charge >= 0.3 is 0 Å². The summed E-state index contributed by atoms with van der Waals surface area (Å²) in [7, 11) is 0. The molecular weight excluding hydrogens is 480 g/mol. The molecular formula is C35H44N2O2. The van der Waals surface area contributed by atoms with E-state index in [1.54, 1.807) is 0 Å². The van der Waals surface area contributed by atoms with Crippen LogP contribution in [-0.4, -0.2) is 60.5 Å². The lowest BCUT2D eigenvalue weighted by atomic mass is 9.90. The number of nitrogens with zero attached hydrogens (tertiary/aromatic N) is 2. The van der Waals surface area contributed by atoms with Gasteiger partial charge in [-0.25, -0.2) is 0 Å². The van der Waals surface area contributed by atoms with Crippen molar-refractivity contribution in [1.82, 2.24) is 9.80 Å². The number of benzene rings is 3. The van der Waals surface area contributed by atoms with E-state index in [-0.39, 0.29) is 11.9 Å². The average Bonchev–Trinajstić information content (AvgIpc) is 2.99. The number of carbonyl (C=O) groups excluding carboxylic acids is 1. The quantitative estimate of drug-likeness (QED) is 0.248. The fourth-order valence-corrected chi connectivity index (χ4v) is 6.29. The maximum absolute atomic E-state index is 13.2. The van der Waals surface area contributed by atoms with E-state index in [0.29, 0.717) is 18.4 Å². The maximum atomic E-state index is 13.2. The average molecular weight is 525 g/mol. The van der Waals surface area contributed by atoms with Gasteiger partial charge in [0.25, 0.3) is 0 Å². The van der Waals surface area contributed by atoms with Gasteiger partial charge in [-0.2, -0.15) is 0 Å². The van der Waals surface area contributed by atoms with E-state index >= 15 is 0 Å². The first-order valence-electron chi connectivity index (χ1n) is 15.0. The number of rotatable bonds is 11. The molecule has 3 aromatic carbocycles. The number of likely N-dealkylation sites (tertiary alicyclic amines) is 2. The van der Waals surface area contributed by atoms with Gasteiger partial charge in [-0.05, 0) is 75.4 Å². The van der Waals surface area contributed by atoms with Gasteiger partial charge in [0, 0.05) is 38.0 Å². The summed E-state index contributed by atoms with van der Waals surface area (Å²) in [5.74, 6) is 1.33. The van der Waals surface area contributed by atoms with Gasteiger partial charge in [0.05, 0.1) is 5.56 Å². The number of ketones is 1. The number of hydrogen-bond donors (Lipinski definition) is 0. The minimum Gasteiger partial charge on any atom is -0.490 e. The molecule has 0 amide bonds. The number of para-hydroxylation sites is 1. The van der Waals surface area contributed by atoms with Crippen molar-refractivity contribution in [3.63, 3.8) is 0 Å². The van der Waals surface area contributed by atoms with Gasteiger partial charge in [0.2, 0.25) is 0 Å². The Kier molecular flexibility index (Phi) is 9.85. The van der Waals surface area contributed by atoms with Crippen LogP contribution >= 0.6 is 0 Å². The van der Waals surface area contributed by atoms with Crippen LogP contribution in [0.15, 0.2) is 84.9 Å². The van der Waals surface area contributed by atoms with Crippen molar-refractivity contribution < 1.29 is 9.53 Å². The Balaban J connectivity index is 1.14. The van der Waals surface area contributed by atoms with Crippen molar-refractivity contribution in [3.8, 4) is 5.75 Å². The van der Waals surface area contributed by atoms with Crippen LogP contribution in [0.25, 0.3) is 0 Å². The maximum Gasteiger partial charge on any atom is 0.166 e. The SMILES string of the molecule is CC1CCCCN1CCCC(=O)c1ccccc1OC1CCN(CC(c2ccccc2)c2ccccc2)CC1. The number of piperidine rings is 2. The Morgan fingerprint density at radius 3 is 2.13 bits per heavy atom. The van der Waals surface area contributed by atoms with Crippen molar-refractivity contribution in [3.05, 3.63) is 102 Å². The molecule has 0 aliphatic carbocycles. The summed E-state index contributed by atoms with van der Waals surface area (Å²) in [4.78, 5) is 18.3. The standard InChI is InChI=1S/C35H44N2O2/c1-28-13-10-11-23-37(28)24-12-19-34(38)32-18-8-9-20-35(32)39-31-21-25-36(26-22-31)27-33(29-14-4-2-5-15-29)30-16-6-3-7-17-30/h2-9,14-18,20,28,31,33H,10-13,19,21-27H2,1H3. The van der Waals surface area contributed by atoms with E-state index in [0.717, 1.165) is 56.8 Å². The molecule has 39 heavy (non-hydrogen) atoms. The van der Waals surface area contributed by atoms with Crippen LogP contribution in [-0.2, 0) is 0 Å². The molecule has 0 radical (unpaired) electrons. The first kappa shape index (κ1) is 27.6. The third-order valence-corrected chi connectivity index (χ3v) is 8.65. The summed E-state index contributed by atoms with van der Waals surface area (Å²) in [6.45, 7) is 7.52. The van der Waals surface area contributed by atoms with E-state index in [9.17, 15) is 4.79 Å². The molecule has 2 aliphatic heterocycles. The Hall–Kier alpha value is -2.95. The molecule has 4 nitrogen and oxygen atoms in total. The zero-order valence-electron chi connectivity index (χ0n) is 23.5. The molecule has 2 saturated heterocycles. The second kappa shape index (κ2) is 13.9. The lowest BCUT2D eigenvalue weighted by Crippen LogP contribution is -2.40. The van der Waals surface area contributed by atoms with Gasteiger partial charge in [-0.1, -0.05) is 79.2 Å². The van der Waals surface area contributed by atoms with Crippen LogP contribution in [0, 0.1) is 0 Å². The van der Waals surface area contributed by atoms with Crippen LogP contribution in [0.4, 0.5) is 0 Å². The van der Waals surface area contributed by atoms with Gasteiger partial charge < -0.3 is 14.5 Å². The molecule has 4 heteroatoms. The number of Topliss-reactive ketones (excluding diaryl/α,β-unsaturated/α-hetero) is 1. The zero-order valence-corrected chi connectivity index (χ0v) is 23.5. The fraction of sp³-hybridized carbons (Fsp3) is 0.457. The van der Waals surface area contributed by atoms with Gasteiger partial charge in [-0.3, -0.25) is 4.79 Å². The molecule has 0 N–H and O–H groups in total. The van der Waals surface area contributed by atoms with Crippen molar-refractivity contribution in [2.45, 2.75) is 69.9 Å². The summed E-state index contributed by atoms with van der Waals surface area (Å²) in [6.07, 6.45) is 7.51. The summed E-state index contributed by atoms with van der Waals surface area (Å²) in [5.41, 5.74) is 3.48. The number of ether oxygens (including phenoxy) is 1. The Morgan fingerprint density at radius 2 is 1.46 bits per heavy atom.